The number of benzene rings is 11. The van der Waals surface area contributed by atoms with Crippen LogP contribution in [-0.4, -0.2) is 16.1 Å². The average molecular weight is 795 g/mol. The first-order valence-corrected chi connectivity index (χ1v) is 27.4. The smallest absolute Gasteiger partial charge is 0.0623 e. The van der Waals surface area contributed by atoms with E-state index in [4.69, 9.17) is 0 Å². The van der Waals surface area contributed by atoms with Gasteiger partial charge in [-0.05, 0) is 142 Å². The highest BCUT2D eigenvalue weighted by molar-refractivity contribution is 7.04. The highest BCUT2D eigenvalue weighted by Crippen LogP contribution is 2.49. The summed E-state index contributed by atoms with van der Waals surface area (Å²) in [6, 6.07) is 70.2. The molecule has 2 aliphatic rings. The summed E-state index contributed by atoms with van der Waals surface area (Å²) in [6.45, 7) is 10.1. The molecule has 60 heavy (non-hydrogen) atoms. The van der Waals surface area contributed by atoms with Gasteiger partial charge in [-0.15, -0.1) is 0 Å². The second-order valence-corrected chi connectivity index (χ2v) is 27.0. The molecule has 0 saturated heterocycles. The maximum Gasteiger partial charge on any atom is 0.113 e. The van der Waals surface area contributed by atoms with Crippen molar-refractivity contribution >= 4 is 90.8 Å². The third-order valence-corrected chi connectivity index (χ3v) is 21.7. The fourth-order valence-electron chi connectivity index (χ4n) is 11.9. The van der Waals surface area contributed by atoms with Crippen molar-refractivity contribution < 1.29 is 0 Å². The third-order valence-electron chi connectivity index (χ3n) is 14.6. The van der Waals surface area contributed by atoms with Gasteiger partial charge in [-0.2, -0.15) is 0 Å². The van der Waals surface area contributed by atoms with Gasteiger partial charge < -0.3 is 0 Å². The van der Waals surface area contributed by atoms with Gasteiger partial charge in [-0.25, -0.2) is 0 Å². The van der Waals surface area contributed by atoms with Crippen molar-refractivity contribution in [3.63, 3.8) is 0 Å². The lowest BCUT2D eigenvalue weighted by molar-refractivity contribution is 1.65. The van der Waals surface area contributed by atoms with Crippen LogP contribution in [0.5, 0.6) is 0 Å². The molecule has 0 aliphatic carbocycles. The number of fused-ring (bicyclic) bond motifs is 8. The van der Waals surface area contributed by atoms with Crippen LogP contribution in [0, 0.1) is 0 Å². The lowest BCUT2D eigenvalue weighted by Crippen LogP contribution is -2.49. The minimum atomic E-state index is -1.89. The molecule has 11 aromatic rings. The molecule has 0 N–H and O–H groups in total. The predicted octanol–water partition coefficient (Wildman–Crippen LogP) is 13.5. The van der Waals surface area contributed by atoms with E-state index in [1.54, 1.807) is 10.4 Å². The fraction of sp³-hybridized carbons (Fsp3) is 0.0690. The third kappa shape index (κ3) is 4.40. The Hall–Kier alpha value is -6.59. The highest BCUT2D eigenvalue weighted by Gasteiger charge is 2.40. The zero-order valence-corrected chi connectivity index (χ0v) is 36.3. The van der Waals surface area contributed by atoms with Gasteiger partial charge in [0.15, 0.2) is 0 Å². The first-order valence-electron chi connectivity index (χ1n) is 21.4. The van der Waals surface area contributed by atoms with Crippen LogP contribution in [0.3, 0.4) is 0 Å². The van der Waals surface area contributed by atoms with Gasteiger partial charge in [-0.3, -0.25) is 0 Å². The zero-order chi connectivity index (χ0) is 40.1. The van der Waals surface area contributed by atoms with Crippen LogP contribution in [0.2, 0.25) is 26.2 Å². The van der Waals surface area contributed by atoms with Crippen LogP contribution in [0.1, 0.15) is 0 Å². The van der Waals surface area contributed by atoms with E-state index < -0.39 is 16.1 Å². The van der Waals surface area contributed by atoms with Gasteiger partial charge in [-0.1, -0.05) is 196 Å². The molecule has 0 nitrogen and oxygen atoms in total. The van der Waals surface area contributed by atoms with Gasteiger partial charge in [0.25, 0.3) is 0 Å². The Morgan fingerprint density at radius 1 is 0.250 bits per heavy atom. The molecule has 0 atom stereocenters. The molecule has 0 spiro atoms. The molecule has 0 saturated carbocycles. The van der Waals surface area contributed by atoms with Crippen LogP contribution < -0.4 is 20.7 Å². The molecule has 2 aliphatic heterocycles. The summed E-state index contributed by atoms with van der Waals surface area (Å²) in [5.74, 6) is 0. The van der Waals surface area contributed by atoms with Crippen LogP contribution in [0.25, 0.3) is 109 Å². The molecular formula is C58H42Si2. The van der Waals surface area contributed by atoms with Crippen LogP contribution in [0.4, 0.5) is 0 Å². The van der Waals surface area contributed by atoms with Crippen LogP contribution in [0.15, 0.2) is 182 Å². The van der Waals surface area contributed by atoms with E-state index in [0.717, 1.165) is 0 Å². The molecular weight excluding hydrogens is 753 g/mol. The van der Waals surface area contributed by atoms with Crippen LogP contribution in [-0.2, 0) is 0 Å². The Morgan fingerprint density at radius 3 is 1.25 bits per heavy atom. The van der Waals surface area contributed by atoms with Gasteiger partial charge >= 0.3 is 0 Å². The maximum atomic E-state index is 2.56. The molecule has 282 valence electrons. The topological polar surface area (TPSA) is 0 Å². The number of hydrogen-bond donors (Lipinski definition) is 0. The van der Waals surface area contributed by atoms with Gasteiger partial charge in [0.05, 0.1) is 0 Å². The van der Waals surface area contributed by atoms with Crippen molar-refractivity contribution in [1.29, 1.82) is 0 Å². The number of rotatable bonds is 3. The van der Waals surface area contributed by atoms with Crippen molar-refractivity contribution in [2.24, 2.45) is 0 Å². The summed E-state index contributed by atoms with van der Waals surface area (Å²) >= 11 is 0. The van der Waals surface area contributed by atoms with E-state index in [9.17, 15) is 0 Å². The monoisotopic (exact) mass is 794 g/mol. The minimum absolute atomic E-state index is 1.29. The predicted molar refractivity (Wildman–Crippen MR) is 266 cm³/mol. The minimum Gasteiger partial charge on any atom is -0.0623 e. The molecule has 2 heterocycles. The lowest BCUT2D eigenvalue weighted by Gasteiger charge is -2.22. The lowest BCUT2D eigenvalue weighted by atomic mass is 9.82. The summed E-state index contributed by atoms with van der Waals surface area (Å²) in [4.78, 5) is 0. The van der Waals surface area contributed by atoms with E-state index in [1.165, 1.54) is 120 Å². The second kappa shape index (κ2) is 12.0. The zero-order valence-electron chi connectivity index (χ0n) is 34.3. The van der Waals surface area contributed by atoms with E-state index in [1.807, 2.05) is 0 Å². The Morgan fingerprint density at radius 2 is 0.667 bits per heavy atom. The van der Waals surface area contributed by atoms with Gasteiger partial charge in [0.2, 0.25) is 0 Å². The standard InChI is InChI=1S/C58H42Si2/c1-59(2)50-27-7-5-18-45(50)57-40(25-13-29-52(57)59)38-20-11-23-42-47(38)34-48-39(41-26-14-30-53-58(41)46-19-6-8-28-51(46)60(53,3)4)21-12-24-43(48)56(42)49-33-37-17-9-15-35-31-32-36-16-10-22-44(49)55(36)54(35)37/h5-34H,1-4H3. The van der Waals surface area contributed by atoms with Gasteiger partial charge in [0.1, 0.15) is 16.1 Å². The molecule has 0 radical (unpaired) electrons. The van der Waals surface area contributed by atoms with Crippen molar-refractivity contribution in [2.45, 2.75) is 26.2 Å². The molecule has 11 aromatic carbocycles. The van der Waals surface area contributed by atoms with Crippen LogP contribution >= 0.6 is 0 Å². The van der Waals surface area contributed by atoms with Crippen molar-refractivity contribution in [3.05, 3.63) is 182 Å². The highest BCUT2D eigenvalue weighted by atomic mass is 28.3. The van der Waals surface area contributed by atoms with Gasteiger partial charge in [0, 0.05) is 0 Å². The molecule has 0 aromatic heterocycles. The summed E-state index contributed by atoms with van der Waals surface area (Å²) in [5.41, 5.74) is 13.6. The van der Waals surface area contributed by atoms with E-state index >= 15 is 0 Å². The Balaban J connectivity index is 1.20. The van der Waals surface area contributed by atoms with E-state index in [0.29, 0.717) is 0 Å². The molecule has 0 amide bonds. The average Bonchev–Trinajstić information content (AvgIpc) is 3.67. The largest absolute Gasteiger partial charge is 0.113 e. The first-order chi connectivity index (χ1) is 29.3. The normalized spacial score (nSPS) is 14.6. The molecule has 0 unspecified atom stereocenters. The summed E-state index contributed by atoms with van der Waals surface area (Å²) in [5, 5.41) is 19.3. The fourth-order valence-corrected chi connectivity index (χ4v) is 18.0. The van der Waals surface area contributed by atoms with E-state index in [-0.39, 0.29) is 0 Å². The van der Waals surface area contributed by atoms with Crippen molar-refractivity contribution in [1.82, 2.24) is 0 Å². The summed E-state index contributed by atoms with van der Waals surface area (Å²) < 4.78 is 0. The second-order valence-electron chi connectivity index (χ2n) is 18.3. The molecule has 0 fully saturated rings. The van der Waals surface area contributed by atoms with Crippen molar-refractivity contribution in [3.8, 4) is 55.6 Å². The Bertz CT molecular complexity index is 3500. The molecule has 2 heteroatoms. The Kier molecular flexibility index (Phi) is 6.86. The molecule has 0 bridgehead atoms. The Labute approximate surface area is 352 Å². The first kappa shape index (κ1) is 34.3. The molecule has 13 rings (SSSR count). The quantitative estimate of drug-likeness (QED) is 0.0949. The number of hydrogen-bond acceptors (Lipinski definition) is 0. The summed E-state index contributed by atoms with van der Waals surface area (Å²) in [7, 11) is -3.78. The summed E-state index contributed by atoms with van der Waals surface area (Å²) in [6.07, 6.45) is 0. The maximum absolute atomic E-state index is 2.56. The van der Waals surface area contributed by atoms with Crippen molar-refractivity contribution in [2.75, 3.05) is 0 Å². The van der Waals surface area contributed by atoms with E-state index in [2.05, 4.69) is 208 Å². The SMILES string of the molecule is C[Si]1(C)c2ccccc2-c2c(-c3cccc4c(-c5cc6cccc7ccc8cccc5c8c76)c5cccc(-c6cccc7c6-c6ccccc6[Si]7(C)C)c5cc34)cccc21.